The van der Waals surface area contributed by atoms with Crippen LogP contribution in [0.1, 0.15) is 65.1 Å². The number of nitrogens with zero attached hydrogens (tertiary/aromatic N) is 3. The van der Waals surface area contributed by atoms with E-state index in [0.717, 1.165) is 30.2 Å². The summed E-state index contributed by atoms with van der Waals surface area (Å²) in [5.74, 6) is 0.925. The molecule has 1 aliphatic carbocycles. The molecule has 0 saturated heterocycles. The highest BCUT2D eigenvalue weighted by molar-refractivity contribution is 7.97. The number of benzene rings is 1. The highest BCUT2D eigenvalue weighted by atomic mass is 35.5. The van der Waals surface area contributed by atoms with Crippen molar-refractivity contribution in [2.24, 2.45) is 4.99 Å². The molecule has 1 fully saturated rings. The third-order valence-electron chi connectivity index (χ3n) is 4.93. The van der Waals surface area contributed by atoms with Crippen LogP contribution >= 0.6 is 23.5 Å². The second kappa shape index (κ2) is 12.4. The predicted molar refractivity (Wildman–Crippen MR) is 141 cm³/mol. The van der Waals surface area contributed by atoms with Crippen LogP contribution in [-0.4, -0.2) is 35.4 Å². The Hall–Kier alpha value is -1.82. The van der Waals surface area contributed by atoms with Gasteiger partial charge in [0.1, 0.15) is 5.69 Å². The van der Waals surface area contributed by atoms with Gasteiger partial charge >= 0.3 is 0 Å². The van der Waals surface area contributed by atoms with E-state index in [1.165, 1.54) is 23.3 Å². The summed E-state index contributed by atoms with van der Waals surface area (Å²) in [6, 6.07) is 13.0. The summed E-state index contributed by atoms with van der Waals surface area (Å²) in [5, 5.41) is 0.645. The summed E-state index contributed by atoms with van der Waals surface area (Å²) in [6.07, 6.45) is 5.09. The molecule has 0 radical (unpaired) electrons. The van der Waals surface area contributed by atoms with Gasteiger partial charge in [-0.2, -0.15) is 0 Å². The molecular weight excluding hydrogens is 436 g/mol. The summed E-state index contributed by atoms with van der Waals surface area (Å²) < 4.78 is 3.06. The smallest absolute Gasteiger partial charge is 0.154 e. The van der Waals surface area contributed by atoms with Gasteiger partial charge in [0.2, 0.25) is 0 Å². The first-order chi connectivity index (χ1) is 15.2. The van der Waals surface area contributed by atoms with Crippen LogP contribution in [0.5, 0.6) is 0 Å². The van der Waals surface area contributed by atoms with E-state index in [1.54, 1.807) is 18.1 Å². The number of amidine groups is 1. The summed E-state index contributed by atoms with van der Waals surface area (Å²) >= 11 is 7.55. The minimum atomic E-state index is 0.253. The first-order valence-electron chi connectivity index (χ1n) is 11.2. The molecule has 174 valence electrons. The van der Waals surface area contributed by atoms with Gasteiger partial charge in [0.25, 0.3) is 0 Å². The molecule has 0 amide bonds. The third-order valence-corrected chi connectivity index (χ3v) is 5.87. The van der Waals surface area contributed by atoms with Crippen molar-refractivity contribution >= 4 is 29.4 Å². The Kier molecular flexibility index (Phi) is 10.3. The lowest BCUT2D eigenvalue weighted by atomic mass is 9.87. The van der Waals surface area contributed by atoms with Crippen LogP contribution in [0.25, 0.3) is 0 Å². The molecule has 1 aliphatic rings. The van der Waals surface area contributed by atoms with E-state index in [-0.39, 0.29) is 5.41 Å². The standard InChI is InChI=1S/C15H20ClN3.C11H17NS/c1-4-9-17-15(14-8-5-12(16)10-18-14)19(11(2)3)13-6-7-13;1-11(2,3)9-5-7-10(8-6-9)13-12-4/h5,8,10,13H,2,4,6-7,9H2,1,3H3;5-8,12H,1-4H3. The summed E-state index contributed by atoms with van der Waals surface area (Å²) in [7, 11) is 1.93. The molecule has 2 aromatic rings. The van der Waals surface area contributed by atoms with Gasteiger partial charge in [-0.1, -0.05) is 58.0 Å². The summed E-state index contributed by atoms with van der Waals surface area (Å²) in [6.45, 7) is 15.7. The molecule has 0 atom stereocenters. The Labute approximate surface area is 203 Å². The number of aliphatic imine (C=N–C) groups is 1. The van der Waals surface area contributed by atoms with Crippen LogP contribution in [0.4, 0.5) is 0 Å². The number of pyridine rings is 1. The van der Waals surface area contributed by atoms with Crippen LogP contribution < -0.4 is 4.72 Å². The maximum Gasteiger partial charge on any atom is 0.154 e. The lowest BCUT2D eigenvalue weighted by Crippen LogP contribution is -2.32. The van der Waals surface area contributed by atoms with Gasteiger partial charge in [0.15, 0.2) is 5.84 Å². The van der Waals surface area contributed by atoms with Crippen molar-refractivity contribution in [3.8, 4) is 0 Å². The Balaban J connectivity index is 0.000000244. The van der Waals surface area contributed by atoms with Crippen molar-refractivity contribution in [3.63, 3.8) is 0 Å². The van der Waals surface area contributed by atoms with Crippen molar-refractivity contribution < 1.29 is 0 Å². The van der Waals surface area contributed by atoms with Crippen LogP contribution in [0.2, 0.25) is 5.02 Å². The fraction of sp³-hybridized carbons (Fsp3) is 0.462. The summed E-state index contributed by atoms with van der Waals surface area (Å²) in [5.41, 5.74) is 3.53. The molecule has 0 unspecified atom stereocenters. The molecule has 1 heterocycles. The van der Waals surface area contributed by atoms with Gasteiger partial charge in [0.05, 0.1) is 5.02 Å². The van der Waals surface area contributed by atoms with Crippen LogP contribution in [0.15, 0.2) is 64.8 Å². The molecule has 1 aromatic carbocycles. The highest BCUT2D eigenvalue weighted by Gasteiger charge is 2.32. The number of halogens is 1. The molecule has 1 aromatic heterocycles. The molecule has 1 saturated carbocycles. The number of aromatic nitrogens is 1. The summed E-state index contributed by atoms with van der Waals surface area (Å²) in [4.78, 5) is 12.6. The Morgan fingerprint density at radius 1 is 1.22 bits per heavy atom. The second-order valence-corrected chi connectivity index (χ2v) is 10.5. The second-order valence-electron chi connectivity index (χ2n) is 8.98. The van der Waals surface area contributed by atoms with Gasteiger partial charge in [-0.05, 0) is 80.4 Å². The Morgan fingerprint density at radius 2 is 1.88 bits per heavy atom. The van der Waals surface area contributed by atoms with E-state index in [4.69, 9.17) is 16.6 Å². The lowest BCUT2D eigenvalue weighted by Gasteiger charge is -2.26. The van der Waals surface area contributed by atoms with E-state index in [1.807, 2.05) is 26.1 Å². The van der Waals surface area contributed by atoms with Crippen LogP contribution in [0.3, 0.4) is 0 Å². The minimum Gasteiger partial charge on any atom is -0.326 e. The van der Waals surface area contributed by atoms with E-state index >= 15 is 0 Å². The zero-order valence-electron chi connectivity index (χ0n) is 20.3. The first-order valence-corrected chi connectivity index (χ1v) is 12.4. The minimum absolute atomic E-state index is 0.253. The Bertz CT molecular complexity index is 882. The number of hydrogen-bond acceptors (Lipinski definition) is 4. The monoisotopic (exact) mass is 472 g/mol. The molecule has 1 N–H and O–H groups in total. The molecule has 3 rings (SSSR count). The maximum atomic E-state index is 5.90. The number of rotatable bonds is 7. The van der Waals surface area contributed by atoms with E-state index in [0.29, 0.717) is 11.1 Å². The molecule has 32 heavy (non-hydrogen) atoms. The van der Waals surface area contributed by atoms with Crippen LogP contribution in [-0.2, 0) is 5.41 Å². The predicted octanol–water partition coefficient (Wildman–Crippen LogP) is 7.10. The SMILES string of the molecule is C=C(C)N(C(=NCCC)c1ccc(Cl)cn1)C1CC1.CNSc1ccc(C(C)(C)C)cc1. The van der Waals surface area contributed by atoms with Gasteiger partial charge in [-0.25, -0.2) is 0 Å². The number of allylic oxidation sites excluding steroid dienone is 1. The third kappa shape index (κ3) is 8.27. The van der Waals surface area contributed by atoms with E-state index < -0.39 is 0 Å². The van der Waals surface area contributed by atoms with Gasteiger partial charge in [-0.15, -0.1) is 0 Å². The quantitative estimate of drug-likeness (QED) is 0.265. The van der Waals surface area contributed by atoms with E-state index in [2.05, 4.69) is 73.1 Å². The normalized spacial score (nSPS) is 13.9. The molecule has 0 aliphatic heterocycles. The van der Waals surface area contributed by atoms with Crippen molar-refractivity contribution in [2.75, 3.05) is 13.6 Å². The zero-order valence-corrected chi connectivity index (χ0v) is 21.9. The average Bonchev–Trinajstić information content (AvgIpc) is 3.57. The number of nitrogens with one attached hydrogen (secondary N) is 1. The average molecular weight is 473 g/mol. The van der Waals surface area contributed by atoms with Crippen molar-refractivity contribution in [3.05, 3.63) is 71.2 Å². The molecular formula is C26H37ClN4S. The molecule has 0 spiro atoms. The van der Waals surface area contributed by atoms with Crippen molar-refractivity contribution in [2.45, 2.75) is 70.2 Å². The molecule has 0 bridgehead atoms. The molecule has 6 heteroatoms. The fourth-order valence-electron chi connectivity index (χ4n) is 3.15. The first kappa shape index (κ1) is 26.4. The Morgan fingerprint density at radius 3 is 2.31 bits per heavy atom. The maximum absolute atomic E-state index is 5.90. The lowest BCUT2D eigenvalue weighted by molar-refractivity contribution is 0.502. The van der Waals surface area contributed by atoms with Gasteiger partial charge in [-0.3, -0.25) is 14.7 Å². The van der Waals surface area contributed by atoms with Crippen LogP contribution in [0, 0.1) is 0 Å². The largest absolute Gasteiger partial charge is 0.326 e. The van der Waals surface area contributed by atoms with E-state index in [9.17, 15) is 0 Å². The van der Waals surface area contributed by atoms with Gasteiger partial charge in [0, 0.05) is 29.4 Å². The zero-order chi connectivity index (χ0) is 23.7. The molecule has 4 nitrogen and oxygen atoms in total. The number of hydrogen-bond donors (Lipinski definition) is 1. The highest BCUT2D eigenvalue weighted by Crippen LogP contribution is 2.31. The topological polar surface area (TPSA) is 40.5 Å². The fourth-order valence-corrected chi connectivity index (χ4v) is 3.76. The van der Waals surface area contributed by atoms with Crippen molar-refractivity contribution in [1.29, 1.82) is 0 Å². The van der Waals surface area contributed by atoms with Gasteiger partial charge < -0.3 is 4.90 Å². The van der Waals surface area contributed by atoms with Crippen molar-refractivity contribution in [1.82, 2.24) is 14.6 Å².